The topological polar surface area (TPSA) is 72.2 Å². The fourth-order valence-corrected chi connectivity index (χ4v) is 5.07. The van der Waals surface area contributed by atoms with E-state index in [4.69, 9.17) is 29.4 Å². The smallest absolute Gasteiger partial charge is 0.115 e. The number of hydrogen-bond donors (Lipinski definition) is 1. The van der Waals surface area contributed by atoms with Crippen LogP contribution < -0.4 is 5.73 Å². The number of nitrogens with two attached hydrogens (primary N) is 1. The fourth-order valence-electron chi connectivity index (χ4n) is 5.07. The van der Waals surface area contributed by atoms with Crippen molar-refractivity contribution in [1.29, 1.82) is 0 Å². The Morgan fingerprint density at radius 2 is 0.829 bits per heavy atom. The van der Waals surface area contributed by atoms with E-state index in [0.29, 0.717) is 33.0 Å². The minimum atomic E-state index is -0.446. The molecule has 214 valence electrons. The van der Waals surface area contributed by atoms with Crippen molar-refractivity contribution >= 4 is 0 Å². The van der Waals surface area contributed by atoms with Crippen molar-refractivity contribution in [3.05, 3.63) is 144 Å². The van der Waals surface area contributed by atoms with Crippen LogP contribution >= 0.6 is 0 Å². The summed E-state index contributed by atoms with van der Waals surface area (Å²) < 4.78 is 32.5. The molecule has 5 rings (SSSR count). The molecule has 0 aliphatic carbocycles. The predicted molar refractivity (Wildman–Crippen MR) is 159 cm³/mol. The van der Waals surface area contributed by atoms with Crippen LogP contribution in [0.25, 0.3) is 0 Å². The Hall–Kier alpha value is -3.36. The second-order valence-electron chi connectivity index (χ2n) is 10.2. The summed E-state index contributed by atoms with van der Waals surface area (Å²) >= 11 is 0. The molecule has 4 aromatic rings. The molecule has 0 spiro atoms. The van der Waals surface area contributed by atoms with Crippen LogP contribution in [-0.4, -0.2) is 43.7 Å². The molecule has 1 aliphatic rings. The van der Waals surface area contributed by atoms with Crippen LogP contribution in [0.1, 0.15) is 22.3 Å². The van der Waals surface area contributed by atoms with Crippen LogP contribution in [0.2, 0.25) is 0 Å². The number of ether oxygens (including phenoxy) is 5. The fraction of sp³-hybridized carbons (Fsp3) is 0.314. The molecule has 1 saturated heterocycles. The minimum absolute atomic E-state index is 0.283. The highest BCUT2D eigenvalue weighted by Gasteiger charge is 2.48. The van der Waals surface area contributed by atoms with Crippen molar-refractivity contribution in [2.45, 2.75) is 56.9 Å². The van der Waals surface area contributed by atoms with Crippen LogP contribution in [0.15, 0.2) is 121 Å². The van der Waals surface area contributed by atoms with Gasteiger partial charge in [-0.2, -0.15) is 0 Å². The first kappa shape index (κ1) is 29.1. The van der Waals surface area contributed by atoms with Gasteiger partial charge in [-0.1, -0.05) is 121 Å². The summed E-state index contributed by atoms with van der Waals surface area (Å²) in [5.74, 6) is 0. The van der Waals surface area contributed by atoms with E-state index in [1.165, 1.54) is 0 Å². The lowest BCUT2D eigenvalue weighted by Crippen LogP contribution is -2.62. The van der Waals surface area contributed by atoms with Crippen molar-refractivity contribution in [3.8, 4) is 0 Å². The predicted octanol–water partition coefficient (Wildman–Crippen LogP) is 5.69. The van der Waals surface area contributed by atoms with Crippen molar-refractivity contribution in [2.24, 2.45) is 5.73 Å². The monoisotopic (exact) mass is 553 g/mol. The summed E-state index contributed by atoms with van der Waals surface area (Å²) in [6, 6.07) is 40.5. The maximum Gasteiger partial charge on any atom is 0.115 e. The van der Waals surface area contributed by atoms with E-state index in [1.54, 1.807) is 0 Å². The van der Waals surface area contributed by atoms with Gasteiger partial charge >= 0.3 is 0 Å². The normalized spacial score (nSPS) is 22.4. The third-order valence-corrected chi connectivity index (χ3v) is 7.21. The quantitative estimate of drug-likeness (QED) is 0.217. The van der Waals surface area contributed by atoms with Gasteiger partial charge in [0.2, 0.25) is 0 Å². The Morgan fingerprint density at radius 3 is 1.24 bits per heavy atom. The summed E-state index contributed by atoms with van der Waals surface area (Å²) in [6.07, 6.45) is -2.10. The molecule has 0 aromatic heterocycles. The maximum atomic E-state index is 6.66. The van der Waals surface area contributed by atoms with Crippen molar-refractivity contribution < 1.29 is 23.7 Å². The molecule has 0 saturated carbocycles. The molecule has 5 atom stereocenters. The van der Waals surface area contributed by atoms with Crippen LogP contribution in [0.5, 0.6) is 0 Å². The van der Waals surface area contributed by atoms with Crippen molar-refractivity contribution in [1.82, 2.24) is 0 Å². The minimum Gasteiger partial charge on any atom is -0.374 e. The van der Waals surface area contributed by atoms with Crippen LogP contribution in [0, 0.1) is 0 Å². The van der Waals surface area contributed by atoms with Gasteiger partial charge in [-0.3, -0.25) is 0 Å². The molecule has 1 heterocycles. The average molecular weight is 554 g/mol. The maximum absolute atomic E-state index is 6.66. The Kier molecular flexibility index (Phi) is 11.1. The first-order valence-corrected chi connectivity index (χ1v) is 14.2. The van der Waals surface area contributed by atoms with E-state index in [1.807, 2.05) is 97.1 Å². The molecule has 0 unspecified atom stereocenters. The van der Waals surface area contributed by atoms with Crippen molar-refractivity contribution in [3.63, 3.8) is 0 Å². The van der Waals surface area contributed by atoms with Gasteiger partial charge in [0.15, 0.2) is 0 Å². The van der Waals surface area contributed by atoms with Gasteiger partial charge in [-0.05, 0) is 22.3 Å². The standard InChI is InChI=1S/C35H39NO5/c36-21-31-33(38-23-28-15-7-2-8-16-28)35(40-25-30-19-11-4-12-20-30)34(39-24-29-17-9-3-10-18-29)32(41-31)26-37-22-27-13-5-1-6-14-27/h1-20,31-35H,21-26,36H2/t31-,32+,33+,34+,35+/m0/s1. The third-order valence-electron chi connectivity index (χ3n) is 7.21. The molecule has 2 N–H and O–H groups in total. The molecule has 0 bridgehead atoms. The molecular formula is C35H39NO5. The van der Waals surface area contributed by atoms with Gasteiger partial charge in [0.1, 0.15) is 24.4 Å². The summed E-state index contributed by atoms with van der Waals surface area (Å²) in [5, 5.41) is 0. The van der Waals surface area contributed by atoms with Crippen LogP contribution in [0.3, 0.4) is 0 Å². The lowest BCUT2D eigenvalue weighted by Gasteiger charge is -2.46. The summed E-state index contributed by atoms with van der Waals surface area (Å²) in [6.45, 7) is 2.33. The number of benzene rings is 4. The molecule has 6 nitrogen and oxygen atoms in total. The first-order chi connectivity index (χ1) is 20.3. The highest BCUT2D eigenvalue weighted by atomic mass is 16.6. The Balaban J connectivity index is 1.38. The lowest BCUT2D eigenvalue weighted by atomic mass is 9.94. The molecule has 6 heteroatoms. The van der Waals surface area contributed by atoms with Crippen LogP contribution in [-0.2, 0) is 50.1 Å². The molecule has 1 fully saturated rings. The van der Waals surface area contributed by atoms with Gasteiger partial charge in [-0.25, -0.2) is 0 Å². The molecule has 1 aliphatic heterocycles. The third kappa shape index (κ3) is 8.57. The second-order valence-corrected chi connectivity index (χ2v) is 10.2. The van der Waals surface area contributed by atoms with E-state index in [0.717, 1.165) is 22.3 Å². The molecule has 4 aromatic carbocycles. The number of hydrogen-bond acceptors (Lipinski definition) is 6. The van der Waals surface area contributed by atoms with Crippen molar-refractivity contribution in [2.75, 3.05) is 13.2 Å². The van der Waals surface area contributed by atoms with E-state index in [2.05, 4.69) is 24.3 Å². The molecule has 41 heavy (non-hydrogen) atoms. The molecule has 0 amide bonds. The van der Waals surface area contributed by atoms with Gasteiger partial charge in [0.25, 0.3) is 0 Å². The van der Waals surface area contributed by atoms with E-state index >= 15 is 0 Å². The van der Waals surface area contributed by atoms with E-state index in [-0.39, 0.29) is 12.6 Å². The van der Waals surface area contributed by atoms with Gasteiger partial charge < -0.3 is 29.4 Å². The Bertz CT molecular complexity index is 1260. The lowest BCUT2D eigenvalue weighted by molar-refractivity contribution is -0.270. The van der Waals surface area contributed by atoms with Crippen LogP contribution in [0.4, 0.5) is 0 Å². The summed E-state index contributed by atoms with van der Waals surface area (Å²) in [7, 11) is 0. The summed E-state index contributed by atoms with van der Waals surface area (Å²) in [4.78, 5) is 0. The second kappa shape index (κ2) is 15.6. The Morgan fingerprint density at radius 1 is 0.463 bits per heavy atom. The zero-order valence-electron chi connectivity index (χ0n) is 23.3. The average Bonchev–Trinajstić information content (AvgIpc) is 3.04. The van der Waals surface area contributed by atoms with Gasteiger partial charge in [0.05, 0.1) is 39.1 Å². The first-order valence-electron chi connectivity index (χ1n) is 14.2. The van der Waals surface area contributed by atoms with Gasteiger partial charge in [0, 0.05) is 6.54 Å². The highest BCUT2D eigenvalue weighted by molar-refractivity contribution is 5.16. The Labute approximate surface area is 243 Å². The highest BCUT2D eigenvalue weighted by Crippen LogP contribution is 2.30. The SMILES string of the molecule is NC[C@@H]1O[C@H](COCc2ccccc2)[C@@H](OCc2ccccc2)[C@H](OCc2ccccc2)[C@@H]1OCc1ccccc1. The van der Waals surface area contributed by atoms with E-state index in [9.17, 15) is 0 Å². The zero-order valence-corrected chi connectivity index (χ0v) is 23.3. The zero-order chi connectivity index (χ0) is 28.1. The largest absolute Gasteiger partial charge is 0.374 e. The number of rotatable bonds is 14. The molecule has 0 radical (unpaired) electrons. The van der Waals surface area contributed by atoms with Gasteiger partial charge in [-0.15, -0.1) is 0 Å². The summed E-state index contributed by atoms with van der Waals surface area (Å²) in [5.41, 5.74) is 10.6. The molecular weight excluding hydrogens is 514 g/mol. The van der Waals surface area contributed by atoms with E-state index < -0.39 is 24.4 Å².